The van der Waals surface area contributed by atoms with E-state index in [0.717, 1.165) is 19.3 Å². The molecule has 0 spiro atoms. The Morgan fingerprint density at radius 1 is 0.707 bits per heavy atom. The summed E-state index contributed by atoms with van der Waals surface area (Å²) in [5.41, 5.74) is 10.1. The Morgan fingerprint density at radius 3 is 2.49 bits per heavy atom. The van der Waals surface area contributed by atoms with Crippen molar-refractivity contribution < 1.29 is 0 Å². The Kier molecular flexibility index (Phi) is 5.25. The first kappa shape index (κ1) is 23.5. The molecule has 0 saturated carbocycles. The summed E-state index contributed by atoms with van der Waals surface area (Å²) in [7, 11) is 0. The van der Waals surface area contributed by atoms with Crippen molar-refractivity contribution in [2.75, 3.05) is 0 Å². The van der Waals surface area contributed by atoms with Crippen LogP contribution < -0.4 is 9.75 Å². The molecular weight excluding hydrogens is 513 g/mol. The highest BCUT2D eigenvalue weighted by Crippen LogP contribution is 2.52. The maximum absolute atomic E-state index is 2.46. The van der Waals surface area contributed by atoms with E-state index in [-0.39, 0.29) is 0 Å². The second-order valence-electron chi connectivity index (χ2n) is 11.9. The lowest BCUT2D eigenvalue weighted by atomic mass is 9.62. The first-order valence-electron chi connectivity index (χ1n) is 14.9. The summed E-state index contributed by atoms with van der Waals surface area (Å²) in [5, 5.41) is 5.55. The lowest BCUT2D eigenvalue weighted by molar-refractivity contribution is 0.435. The van der Waals surface area contributed by atoms with E-state index in [1.165, 1.54) is 69.6 Å². The maximum Gasteiger partial charge on any atom is 0.0433 e. The topological polar surface area (TPSA) is 0 Å². The molecule has 1 heteroatoms. The van der Waals surface area contributed by atoms with Crippen LogP contribution in [0.1, 0.15) is 47.4 Å². The van der Waals surface area contributed by atoms with Gasteiger partial charge in [-0.25, -0.2) is 0 Å². The van der Waals surface area contributed by atoms with E-state index in [1.54, 1.807) is 0 Å². The van der Waals surface area contributed by atoms with Gasteiger partial charge in [-0.2, -0.15) is 0 Å². The van der Waals surface area contributed by atoms with Crippen LogP contribution in [-0.2, 0) is 0 Å². The SMILES string of the molecule is C1=CC2c3ccccc3C3=CC=C(c4ccc(C5=c6sc7c(ccc8ccccc87)c6=CCC5)cc4)CC3C2C=C1. The summed E-state index contributed by atoms with van der Waals surface area (Å²) in [5.74, 6) is 1.53. The Morgan fingerprint density at radius 2 is 1.54 bits per heavy atom. The van der Waals surface area contributed by atoms with E-state index >= 15 is 0 Å². The van der Waals surface area contributed by atoms with Crippen molar-refractivity contribution in [1.82, 2.24) is 0 Å². The van der Waals surface area contributed by atoms with Gasteiger partial charge in [-0.3, -0.25) is 0 Å². The summed E-state index contributed by atoms with van der Waals surface area (Å²) in [6.07, 6.45) is 19.9. The molecule has 0 fully saturated rings. The fraction of sp³-hybridized carbons (Fsp3) is 0.150. The highest BCUT2D eigenvalue weighted by molar-refractivity contribution is 7.18. The monoisotopic (exact) mass is 542 g/mol. The van der Waals surface area contributed by atoms with E-state index in [2.05, 4.69) is 127 Å². The third-order valence-corrected chi connectivity index (χ3v) is 11.1. The predicted octanol–water partition coefficient (Wildman–Crippen LogP) is 9.15. The Hall–Kier alpha value is -4.20. The largest absolute Gasteiger partial charge is 0.134 e. The minimum absolute atomic E-state index is 0.479. The molecule has 9 rings (SSSR count). The zero-order valence-electron chi connectivity index (χ0n) is 22.9. The summed E-state index contributed by atoms with van der Waals surface area (Å²) < 4.78 is 2.89. The number of hydrogen-bond donors (Lipinski definition) is 0. The summed E-state index contributed by atoms with van der Waals surface area (Å²) in [6.45, 7) is 0. The van der Waals surface area contributed by atoms with Gasteiger partial charge in [0.05, 0.1) is 0 Å². The van der Waals surface area contributed by atoms with Crippen LogP contribution >= 0.6 is 11.3 Å². The minimum atomic E-state index is 0.479. The average molecular weight is 543 g/mol. The van der Waals surface area contributed by atoms with Gasteiger partial charge < -0.3 is 0 Å². The number of benzene rings is 4. The molecule has 0 radical (unpaired) electrons. The molecule has 0 aliphatic heterocycles. The maximum atomic E-state index is 2.46. The molecule has 4 aliphatic rings. The van der Waals surface area contributed by atoms with Gasteiger partial charge in [0.15, 0.2) is 0 Å². The van der Waals surface area contributed by atoms with Crippen LogP contribution in [0, 0.1) is 11.8 Å². The summed E-state index contributed by atoms with van der Waals surface area (Å²) in [6, 6.07) is 32.0. The molecule has 0 saturated heterocycles. The smallest absolute Gasteiger partial charge is 0.0433 e. The van der Waals surface area contributed by atoms with Crippen LogP contribution in [0.25, 0.3) is 43.7 Å². The quantitative estimate of drug-likeness (QED) is 0.209. The normalized spacial score (nSPS) is 22.3. The zero-order chi connectivity index (χ0) is 26.9. The van der Waals surface area contributed by atoms with Gasteiger partial charge in [0.2, 0.25) is 0 Å². The number of hydrogen-bond acceptors (Lipinski definition) is 1. The van der Waals surface area contributed by atoms with E-state index < -0.39 is 0 Å². The summed E-state index contributed by atoms with van der Waals surface area (Å²) in [4.78, 5) is 0. The third-order valence-electron chi connectivity index (χ3n) is 9.82. The van der Waals surface area contributed by atoms with Crippen molar-refractivity contribution in [3.63, 3.8) is 0 Å². The van der Waals surface area contributed by atoms with Crippen LogP contribution in [0.15, 0.2) is 121 Å². The molecule has 4 aliphatic carbocycles. The van der Waals surface area contributed by atoms with Gasteiger partial charge in [-0.05, 0) is 86.1 Å². The number of thiophene rings is 1. The summed E-state index contributed by atoms with van der Waals surface area (Å²) >= 11 is 1.98. The second kappa shape index (κ2) is 9.16. The van der Waals surface area contributed by atoms with Gasteiger partial charge in [0.1, 0.15) is 0 Å². The van der Waals surface area contributed by atoms with E-state index in [1.807, 2.05) is 11.3 Å². The van der Waals surface area contributed by atoms with Gasteiger partial charge in [0.25, 0.3) is 0 Å². The fourth-order valence-corrected chi connectivity index (χ4v) is 9.29. The van der Waals surface area contributed by atoms with E-state index in [4.69, 9.17) is 0 Å². The van der Waals surface area contributed by atoms with Crippen molar-refractivity contribution >= 4 is 55.0 Å². The molecule has 3 atom stereocenters. The van der Waals surface area contributed by atoms with Crippen LogP contribution in [0.2, 0.25) is 0 Å². The van der Waals surface area contributed by atoms with Gasteiger partial charge in [-0.1, -0.05) is 127 Å². The van der Waals surface area contributed by atoms with Crippen molar-refractivity contribution in [2.24, 2.45) is 11.8 Å². The van der Waals surface area contributed by atoms with Crippen LogP contribution in [0.3, 0.4) is 0 Å². The third kappa shape index (κ3) is 3.59. The van der Waals surface area contributed by atoms with Crippen LogP contribution in [0.5, 0.6) is 0 Å². The standard InChI is InChI=1S/C40H30S/c1-2-9-29-26(8-1)20-23-37-36-15-7-14-30(39(36)41-40(29)37)27-18-16-25(17-19-27)28-21-22-35-33-12-4-3-10-31(33)32-11-5-6-13-34(32)38(35)24-28/h1-6,8-13,15-23,32,34,38H,7,14,24H2. The lowest BCUT2D eigenvalue weighted by Crippen LogP contribution is -2.29. The minimum Gasteiger partial charge on any atom is -0.134 e. The number of rotatable bonds is 2. The van der Waals surface area contributed by atoms with Crippen LogP contribution in [-0.4, -0.2) is 0 Å². The Balaban J connectivity index is 1.11. The molecule has 41 heavy (non-hydrogen) atoms. The van der Waals surface area contributed by atoms with Gasteiger partial charge in [0, 0.05) is 20.5 Å². The zero-order valence-corrected chi connectivity index (χ0v) is 23.7. The van der Waals surface area contributed by atoms with Gasteiger partial charge in [-0.15, -0.1) is 11.3 Å². The van der Waals surface area contributed by atoms with Crippen molar-refractivity contribution in [3.8, 4) is 0 Å². The second-order valence-corrected chi connectivity index (χ2v) is 12.9. The fourth-order valence-electron chi connectivity index (χ4n) is 7.85. The molecule has 0 bridgehead atoms. The average Bonchev–Trinajstić information content (AvgIpc) is 3.44. The molecule has 3 unspecified atom stereocenters. The highest BCUT2D eigenvalue weighted by Gasteiger charge is 2.39. The van der Waals surface area contributed by atoms with E-state index in [9.17, 15) is 0 Å². The van der Waals surface area contributed by atoms with Crippen molar-refractivity contribution in [2.45, 2.75) is 25.2 Å². The van der Waals surface area contributed by atoms with Crippen molar-refractivity contribution in [3.05, 3.63) is 153 Å². The van der Waals surface area contributed by atoms with Gasteiger partial charge >= 0.3 is 0 Å². The highest BCUT2D eigenvalue weighted by atomic mass is 32.1. The predicted molar refractivity (Wildman–Crippen MR) is 176 cm³/mol. The van der Waals surface area contributed by atoms with E-state index in [0.29, 0.717) is 17.8 Å². The molecule has 1 aromatic heterocycles. The Labute approximate surface area is 244 Å². The molecule has 1 heterocycles. The molecule has 5 aromatic rings. The lowest BCUT2D eigenvalue weighted by Gasteiger charge is -2.41. The molecule has 196 valence electrons. The molecule has 0 N–H and O–H groups in total. The molecule has 4 aromatic carbocycles. The first-order valence-corrected chi connectivity index (χ1v) is 15.7. The van der Waals surface area contributed by atoms with Crippen molar-refractivity contribution in [1.29, 1.82) is 0 Å². The number of allylic oxidation sites excluding steroid dienone is 8. The molecule has 0 amide bonds. The number of fused-ring (bicyclic) bond motifs is 11. The Bertz CT molecular complexity index is 2130. The van der Waals surface area contributed by atoms with Crippen LogP contribution in [0.4, 0.5) is 0 Å². The molecular formula is C40H30S. The molecule has 0 nitrogen and oxygen atoms in total. The first-order chi connectivity index (χ1) is 20.3.